The molecule has 21 heavy (non-hydrogen) atoms. The molecule has 116 valence electrons. The third kappa shape index (κ3) is 2.87. The Kier molecular flexibility index (Phi) is 4.49. The van der Waals surface area contributed by atoms with Crippen molar-refractivity contribution in [1.82, 2.24) is 0 Å². The Morgan fingerprint density at radius 2 is 2.19 bits per heavy atom. The second-order valence-electron chi connectivity index (χ2n) is 6.08. The Bertz CT molecular complexity index is 481. The second-order valence-corrected chi connectivity index (χ2v) is 6.08. The van der Waals surface area contributed by atoms with Gasteiger partial charge in [0.1, 0.15) is 6.10 Å². The number of ether oxygens (including phenoxy) is 2. The molecule has 3 unspecified atom stereocenters. The first-order valence-corrected chi connectivity index (χ1v) is 7.53. The quantitative estimate of drug-likeness (QED) is 0.443. The molecule has 3 atom stereocenters. The van der Waals surface area contributed by atoms with Crippen LogP contribution in [0.15, 0.2) is 12.2 Å². The van der Waals surface area contributed by atoms with Crippen molar-refractivity contribution in [1.29, 1.82) is 0 Å². The molecule has 0 bridgehead atoms. The van der Waals surface area contributed by atoms with E-state index in [4.69, 9.17) is 9.47 Å². The minimum atomic E-state index is -0.800. The molecule has 0 radical (unpaired) electrons. The minimum Gasteiger partial charge on any atom is -0.459 e. The lowest BCUT2D eigenvalue weighted by Gasteiger charge is -2.36. The number of fused-ring (bicyclic) bond motifs is 1. The number of hydrogen-bond donors (Lipinski definition) is 0. The number of carbonyl (C=O) groups excluding carboxylic acids is 3. The van der Waals surface area contributed by atoms with E-state index in [1.165, 1.54) is 0 Å². The third-order valence-electron chi connectivity index (χ3n) is 4.59. The second kappa shape index (κ2) is 6.00. The van der Waals surface area contributed by atoms with Gasteiger partial charge in [0, 0.05) is 12.0 Å². The van der Waals surface area contributed by atoms with E-state index in [9.17, 15) is 14.4 Å². The molecule has 5 nitrogen and oxygen atoms in total. The molecule has 0 aromatic rings. The average Bonchev–Trinajstić information content (AvgIpc) is 2.70. The molecule has 1 aliphatic carbocycles. The topological polar surface area (TPSA) is 69.7 Å². The number of rotatable bonds is 5. The van der Waals surface area contributed by atoms with Gasteiger partial charge < -0.3 is 9.47 Å². The summed E-state index contributed by atoms with van der Waals surface area (Å²) >= 11 is 0. The fourth-order valence-corrected chi connectivity index (χ4v) is 3.35. The Balaban J connectivity index is 2.17. The van der Waals surface area contributed by atoms with Gasteiger partial charge in [0.2, 0.25) is 0 Å². The van der Waals surface area contributed by atoms with Crippen LogP contribution in [0.2, 0.25) is 0 Å². The zero-order valence-electron chi connectivity index (χ0n) is 12.6. The van der Waals surface area contributed by atoms with E-state index >= 15 is 0 Å². The fraction of sp³-hybridized carbons (Fsp3) is 0.688. The highest BCUT2D eigenvalue weighted by atomic mass is 16.6. The molecule has 0 aromatic heterocycles. The van der Waals surface area contributed by atoms with Gasteiger partial charge in [-0.15, -0.1) is 0 Å². The third-order valence-corrected chi connectivity index (χ3v) is 4.59. The smallest absolute Gasteiger partial charge is 0.333 e. The summed E-state index contributed by atoms with van der Waals surface area (Å²) < 4.78 is 10.3. The Morgan fingerprint density at radius 1 is 1.48 bits per heavy atom. The summed E-state index contributed by atoms with van der Waals surface area (Å²) in [5.41, 5.74) is -0.470. The largest absolute Gasteiger partial charge is 0.459 e. The molecule has 1 aliphatic heterocycles. The lowest BCUT2D eigenvalue weighted by atomic mass is 9.64. The molecule has 0 amide bonds. The maximum absolute atomic E-state index is 12.2. The van der Waals surface area contributed by atoms with Gasteiger partial charge in [-0.05, 0) is 26.2 Å². The molecule has 0 N–H and O–H groups in total. The summed E-state index contributed by atoms with van der Waals surface area (Å²) in [5.74, 6) is -1.69. The van der Waals surface area contributed by atoms with Crippen molar-refractivity contribution < 1.29 is 23.9 Å². The summed E-state index contributed by atoms with van der Waals surface area (Å²) in [6.07, 6.45) is 3.68. The van der Waals surface area contributed by atoms with E-state index in [1.807, 2.05) is 6.92 Å². The summed E-state index contributed by atoms with van der Waals surface area (Å²) in [7, 11) is 0. The number of cyclic esters (lactones) is 2. The number of carbonyl (C=O) groups is 3. The van der Waals surface area contributed by atoms with Crippen LogP contribution in [0.25, 0.3) is 0 Å². The Hall–Kier alpha value is -1.65. The van der Waals surface area contributed by atoms with Crippen LogP contribution in [-0.2, 0) is 23.9 Å². The van der Waals surface area contributed by atoms with Crippen molar-refractivity contribution in [2.24, 2.45) is 11.3 Å². The van der Waals surface area contributed by atoms with Crippen molar-refractivity contribution in [3.8, 4) is 0 Å². The van der Waals surface area contributed by atoms with Crippen LogP contribution < -0.4 is 0 Å². The standard InChI is InChI=1S/C16H22O5/c1-4-11(20-13(17)10(2)3)9-16-8-6-5-7-12(16)14(18)21-15(16)19/h11-12H,2,4-9H2,1,3H3. The lowest BCUT2D eigenvalue weighted by Crippen LogP contribution is -2.40. The normalized spacial score (nSPS) is 29.5. The lowest BCUT2D eigenvalue weighted by molar-refractivity contribution is -0.158. The Morgan fingerprint density at radius 3 is 2.81 bits per heavy atom. The van der Waals surface area contributed by atoms with Crippen molar-refractivity contribution >= 4 is 17.9 Å². The summed E-state index contributed by atoms with van der Waals surface area (Å²) in [6, 6.07) is 0. The van der Waals surface area contributed by atoms with Crippen molar-refractivity contribution in [3.63, 3.8) is 0 Å². The van der Waals surface area contributed by atoms with E-state index in [-0.39, 0.29) is 5.92 Å². The fourth-order valence-electron chi connectivity index (χ4n) is 3.35. The van der Waals surface area contributed by atoms with Gasteiger partial charge in [-0.25, -0.2) is 4.79 Å². The maximum atomic E-state index is 12.2. The van der Waals surface area contributed by atoms with Gasteiger partial charge in [0.25, 0.3) is 0 Å². The van der Waals surface area contributed by atoms with Crippen LogP contribution in [0, 0.1) is 11.3 Å². The van der Waals surface area contributed by atoms with Gasteiger partial charge >= 0.3 is 17.9 Å². The molecular weight excluding hydrogens is 272 g/mol. The van der Waals surface area contributed by atoms with Gasteiger partial charge in [-0.2, -0.15) is 0 Å². The molecule has 2 fully saturated rings. The highest BCUT2D eigenvalue weighted by Crippen LogP contribution is 2.50. The predicted octanol–water partition coefficient (Wildman–Crippen LogP) is 2.53. The molecule has 0 aromatic carbocycles. The molecule has 5 heteroatoms. The average molecular weight is 294 g/mol. The first-order chi connectivity index (χ1) is 9.90. The van der Waals surface area contributed by atoms with Gasteiger partial charge in [-0.3, -0.25) is 9.59 Å². The number of esters is 3. The molecule has 1 saturated heterocycles. The van der Waals surface area contributed by atoms with E-state index in [2.05, 4.69) is 6.58 Å². The van der Waals surface area contributed by atoms with Crippen LogP contribution in [0.3, 0.4) is 0 Å². The van der Waals surface area contributed by atoms with Crippen LogP contribution in [0.5, 0.6) is 0 Å². The van der Waals surface area contributed by atoms with Gasteiger partial charge in [-0.1, -0.05) is 26.3 Å². The summed E-state index contributed by atoms with van der Waals surface area (Å²) in [4.78, 5) is 35.8. The zero-order chi connectivity index (χ0) is 15.6. The first kappa shape index (κ1) is 15.7. The monoisotopic (exact) mass is 294 g/mol. The first-order valence-electron chi connectivity index (χ1n) is 7.53. The molecule has 2 rings (SSSR count). The van der Waals surface area contributed by atoms with E-state index in [1.54, 1.807) is 6.92 Å². The summed E-state index contributed by atoms with van der Waals surface area (Å²) in [6.45, 7) is 7.04. The van der Waals surface area contributed by atoms with E-state index in [0.717, 1.165) is 12.8 Å². The maximum Gasteiger partial charge on any atom is 0.333 e. The summed E-state index contributed by atoms with van der Waals surface area (Å²) in [5, 5.41) is 0. The molecular formula is C16H22O5. The van der Waals surface area contributed by atoms with E-state index < -0.39 is 29.4 Å². The molecule has 1 saturated carbocycles. The van der Waals surface area contributed by atoms with Crippen molar-refractivity contribution in [2.45, 2.75) is 58.5 Å². The SMILES string of the molecule is C=C(C)C(=O)OC(CC)CC12CCCCC1C(=O)OC2=O. The van der Waals surface area contributed by atoms with Crippen LogP contribution in [0.1, 0.15) is 52.4 Å². The van der Waals surface area contributed by atoms with Crippen LogP contribution in [0.4, 0.5) is 0 Å². The molecule has 2 aliphatic rings. The Labute approximate surface area is 124 Å². The predicted molar refractivity (Wildman–Crippen MR) is 75.1 cm³/mol. The number of hydrogen-bond acceptors (Lipinski definition) is 5. The highest BCUT2D eigenvalue weighted by Gasteiger charge is 2.58. The zero-order valence-corrected chi connectivity index (χ0v) is 12.6. The highest BCUT2D eigenvalue weighted by molar-refractivity contribution is 5.99. The van der Waals surface area contributed by atoms with Crippen LogP contribution in [-0.4, -0.2) is 24.0 Å². The molecule has 0 spiro atoms. The van der Waals surface area contributed by atoms with Gasteiger partial charge in [0.15, 0.2) is 0 Å². The van der Waals surface area contributed by atoms with Crippen molar-refractivity contribution in [2.75, 3.05) is 0 Å². The van der Waals surface area contributed by atoms with E-state index in [0.29, 0.717) is 31.3 Å². The molecule has 1 heterocycles. The van der Waals surface area contributed by atoms with Gasteiger partial charge in [0.05, 0.1) is 11.3 Å². The minimum absolute atomic E-state index is 0.330. The van der Waals surface area contributed by atoms with Crippen LogP contribution >= 0.6 is 0 Å². The van der Waals surface area contributed by atoms with Crippen molar-refractivity contribution in [3.05, 3.63) is 12.2 Å².